The Balaban J connectivity index is 1.68. The molecule has 0 radical (unpaired) electrons. The number of phenols is 1. The number of nitrogens with zero attached hydrogens (tertiary/aromatic N) is 1. The van der Waals surface area contributed by atoms with E-state index < -0.39 is 21.8 Å². The summed E-state index contributed by atoms with van der Waals surface area (Å²) in [5.74, 6) is -1.16. The summed E-state index contributed by atoms with van der Waals surface area (Å²) in [5, 5.41) is 23.6. The number of hydrogen-bond donors (Lipinski definition) is 4. The number of benzene rings is 2. The first-order valence-electron chi connectivity index (χ1n) is 11.0. The first-order chi connectivity index (χ1) is 16.2. The topological polar surface area (TPSA) is 143 Å². The van der Waals surface area contributed by atoms with Gasteiger partial charge in [0.1, 0.15) is 5.75 Å². The zero-order valence-corrected chi connectivity index (χ0v) is 19.8. The third kappa shape index (κ3) is 5.99. The van der Waals surface area contributed by atoms with Crippen LogP contribution in [0.5, 0.6) is 5.75 Å². The molecule has 0 aliphatic heterocycles. The van der Waals surface area contributed by atoms with Crippen LogP contribution in [-0.4, -0.2) is 42.6 Å². The van der Waals surface area contributed by atoms with Crippen LogP contribution in [-0.2, 0) is 22.7 Å². The Morgan fingerprint density at radius 1 is 1.12 bits per heavy atom. The molecule has 9 heteroatoms. The number of aromatic nitrogens is 1. The smallest absolute Gasteiger partial charge is 0.252 e. The third-order valence-corrected chi connectivity index (χ3v) is 7.24. The second-order valence-corrected chi connectivity index (χ2v) is 9.95. The molecule has 0 fully saturated rings. The molecule has 180 valence electrons. The SMILES string of the molecule is CCCc1cc(S(=O)(=O)c2ccc(CCNC[C@@H](O)c3cccnc3)cc2)cc(C(N)=O)c1O. The first-order valence-corrected chi connectivity index (χ1v) is 12.5. The standard InChI is InChI=1S/C25H29N3O5S/c1-2-4-18-13-21(14-22(24(18)30)25(26)31)34(32,33)20-8-6-17(7-9-20)10-12-28-16-23(29)19-5-3-11-27-15-19/h3,5-9,11,13-15,23,28-30H,2,4,10,12,16H2,1H3,(H2,26,31)/t23-/m1/s1. The summed E-state index contributed by atoms with van der Waals surface area (Å²) in [5.41, 5.74) is 7.17. The molecule has 34 heavy (non-hydrogen) atoms. The van der Waals surface area contributed by atoms with Gasteiger partial charge in [-0.25, -0.2) is 8.42 Å². The highest BCUT2D eigenvalue weighted by molar-refractivity contribution is 7.91. The zero-order chi connectivity index (χ0) is 24.7. The fourth-order valence-corrected chi connectivity index (χ4v) is 4.94. The van der Waals surface area contributed by atoms with Crippen LogP contribution >= 0.6 is 0 Å². The van der Waals surface area contributed by atoms with Crippen LogP contribution in [0.1, 0.15) is 46.5 Å². The van der Waals surface area contributed by atoms with Gasteiger partial charge in [0.15, 0.2) is 0 Å². The number of carbonyl (C=O) groups is 1. The molecule has 0 saturated carbocycles. The van der Waals surface area contributed by atoms with Gasteiger partial charge in [-0.1, -0.05) is 31.5 Å². The minimum atomic E-state index is -3.91. The van der Waals surface area contributed by atoms with Gasteiger partial charge in [-0.05, 0) is 60.8 Å². The quantitative estimate of drug-likeness (QED) is 0.307. The fraction of sp³-hybridized carbons (Fsp3) is 0.280. The molecule has 1 aromatic heterocycles. The van der Waals surface area contributed by atoms with Gasteiger partial charge in [0.05, 0.1) is 21.5 Å². The number of aliphatic hydroxyl groups excluding tert-OH is 1. The van der Waals surface area contributed by atoms with Gasteiger partial charge in [0.25, 0.3) is 5.91 Å². The minimum Gasteiger partial charge on any atom is -0.507 e. The predicted octanol–water partition coefficient (Wildman–Crippen LogP) is 2.54. The number of aliphatic hydroxyl groups is 1. The Morgan fingerprint density at radius 2 is 1.85 bits per heavy atom. The summed E-state index contributed by atoms with van der Waals surface area (Å²) in [6, 6.07) is 12.6. The molecule has 0 aliphatic rings. The van der Waals surface area contributed by atoms with Crippen LogP contribution in [0.3, 0.4) is 0 Å². The molecule has 3 aromatic rings. The number of nitrogens with one attached hydrogen (secondary N) is 1. The molecule has 8 nitrogen and oxygen atoms in total. The minimum absolute atomic E-state index is 0.0821. The van der Waals surface area contributed by atoms with Gasteiger partial charge in [0.2, 0.25) is 9.84 Å². The second-order valence-electron chi connectivity index (χ2n) is 8.00. The average Bonchev–Trinajstić information content (AvgIpc) is 2.83. The number of amides is 1. The highest BCUT2D eigenvalue weighted by Crippen LogP contribution is 2.31. The Bertz CT molecular complexity index is 1230. The van der Waals surface area contributed by atoms with Crippen molar-refractivity contribution in [1.29, 1.82) is 0 Å². The van der Waals surface area contributed by atoms with E-state index in [2.05, 4.69) is 10.3 Å². The number of nitrogens with two attached hydrogens (primary N) is 1. The van der Waals surface area contributed by atoms with E-state index >= 15 is 0 Å². The van der Waals surface area contributed by atoms with Gasteiger partial charge < -0.3 is 21.3 Å². The number of aryl methyl sites for hydroxylation is 1. The Kier molecular flexibility index (Phi) is 8.38. The van der Waals surface area contributed by atoms with Crippen molar-refractivity contribution in [2.45, 2.75) is 42.1 Å². The number of hydrogen-bond acceptors (Lipinski definition) is 7. The molecule has 1 atom stereocenters. The summed E-state index contributed by atoms with van der Waals surface area (Å²) in [7, 11) is -3.91. The lowest BCUT2D eigenvalue weighted by atomic mass is 10.0. The van der Waals surface area contributed by atoms with E-state index in [1.165, 1.54) is 18.2 Å². The van der Waals surface area contributed by atoms with E-state index in [1.807, 2.05) is 13.0 Å². The molecule has 0 bridgehead atoms. The number of primary amides is 1. The van der Waals surface area contributed by atoms with Gasteiger partial charge in [0, 0.05) is 24.5 Å². The maximum Gasteiger partial charge on any atom is 0.252 e. The van der Waals surface area contributed by atoms with Crippen LogP contribution in [0.2, 0.25) is 0 Å². The highest BCUT2D eigenvalue weighted by atomic mass is 32.2. The van der Waals surface area contributed by atoms with Crippen LogP contribution in [0.4, 0.5) is 0 Å². The van der Waals surface area contributed by atoms with Gasteiger partial charge in [-0.15, -0.1) is 0 Å². The molecule has 3 rings (SSSR count). The van der Waals surface area contributed by atoms with E-state index in [4.69, 9.17) is 5.73 Å². The lowest BCUT2D eigenvalue weighted by Crippen LogP contribution is -2.23. The number of carbonyl (C=O) groups excluding carboxylic acids is 1. The molecule has 0 spiro atoms. The van der Waals surface area contributed by atoms with Crippen molar-refractivity contribution in [2.24, 2.45) is 5.73 Å². The first kappa shape index (κ1) is 25.4. The predicted molar refractivity (Wildman–Crippen MR) is 128 cm³/mol. The molecular formula is C25H29N3O5S. The second kappa shape index (κ2) is 11.2. The molecular weight excluding hydrogens is 454 g/mol. The van der Waals surface area contributed by atoms with Gasteiger partial charge >= 0.3 is 0 Å². The molecule has 1 amide bonds. The van der Waals surface area contributed by atoms with Crippen molar-refractivity contribution in [1.82, 2.24) is 10.3 Å². The lowest BCUT2D eigenvalue weighted by molar-refractivity contribution is 0.0997. The van der Waals surface area contributed by atoms with Crippen molar-refractivity contribution in [3.63, 3.8) is 0 Å². The lowest BCUT2D eigenvalue weighted by Gasteiger charge is -2.13. The van der Waals surface area contributed by atoms with Crippen molar-refractivity contribution in [2.75, 3.05) is 13.1 Å². The van der Waals surface area contributed by atoms with Gasteiger partial charge in [-0.3, -0.25) is 9.78 Å². The Morgan fingerprint density at radius 3 is 2.47 bits per heavy atom. The molecule has 2 aromatic carbocycles. The van der Waals surface area contributed by atoms with E-state index in [-0.39, 0.29) is 21.1 Å². The van der Waals surface area contributed by atoms with Crippen molar-refractivity contribution < 1.29 is 23.4 Å². The fourth-order valence-electron chi connectivity index (χ4n) is 3.60. The summed E-state index contributed by atoms with van der Waals surface area (Å²) in [6.45, 7) is 2.86. The van der Waals surface area contributed by atoms with Crippen LogP contribution in [0.25, 0.3) is 0 Å². The average molecular weight is 484 g/mol. The van der Waals surface area contributed by atoms with E-state index in [0.29, 0.717) is 37.9 Å². The molecule has 0 unspecified atom stereocenters. The maximum atomic E-state index is 13.2. The number of pyridine rings is 1. The summed E-state index contributed by atoms with van der Waals surface area (Å²) in [6.07, 6.45) is 4.34. The van der Waals surface area contributed by atoms with E-state index in [9.17, 15) is 23.4 Å². The van der Waals surface area contributed by atoms with E-state index in [1.54, 1.807) is 30.6 Å². The maximum absolute atomic E-state index is 13.2. The summed E-state index contributed by atoms with van der Waals surface area (Å²) >= 11 is 0. The van der Waals surface area contributed by atoms with Gasteiger partial charge in [-0.2, -0.15) is 0 Å². The molecule has 0 aliphatic carbocycles. The molecule has 1 heterocycles. The van der Waals surface area contributed by atoms with Crippen molar-refractivity contribution in [3.8, 4) is 5.75 Å². The summed E-state index contributed by atoms with van der Waals surface area (Å²) < 4.78 is 26.4. The van der Waals surface area contributed by atoms with Crippen LogP contribution < -0.4 is 11.1 Å². The van der Waals surface area contributed by atoms with Crippen LogP contribution in [0.15, 0.2) is 70.7 Å². The Labute approximate surface area is 199 Å². The number of rotatable bonds is 11. The number of sulfone groups is 1. The van der Waals surface area contributed by atoms with Crippen molar-refractivity contribution >= 4 is 15.7 Å². The third-order valence-electron chi connectivity index (χ3n) is 5.49. The van der Waals surface area contributed by atoms with Crippen molar-refractivity contribution in [3.05, 3.63) is 83.2 Å². The normalized spacial score (nSPS) is 12.4. The van der Waals surface area contributed by atoms with Crippen LogP contribution in [0, 0.1) is 0 Å². The number of aromatic hydroxyl groups is 1. The Hall–Kier alpha value is -3.27. The summed E-state index contributed by atoms with van der Waals surface area (Å²) in [4.78, 5) is 15.7. The molecule has 0 saturated heterocycles. The largest absolute Gasteiger partial charge is 0.507 e. The highest BCUT2D eigenvalue weighted by Gasteiger charge is 2.23. The zero-order valence-electron chi connectivity index (χ0n) is 18.9. The monoisotopic (exact) mass is 483 g/mol. The molecule has 5 N–H and O–H groups in total. The van der Waals surface area contributed by atoms with E-state index in [0.717, 1.165) is 17.2 Å².